The van der Waals surface area contributed by atoms with Crippen molar-refractivity contribution in [3.05, 3.63) is 48.2 Å². The van der Waals surface area contributed by atoms with Crippen LogP contribution in [0.2, 0.25) is 0 Å². The van der Waals surface area contributed by atoms with Crippen LogP contribution in [-0.4, -0.2) is 6.54 Å². The van der Waals surface area contributed by atoms with Crippen molar-refractivity contribution in [1.29, 1.82) is 0 Å². The molecule has 0 spiro atoms. The molecule has 0 atom stereocenters. The Morgan fingerprint density at radius 1 is 1.00 bits per heavy atom. The van der Waals surface area contributed by atoms with E-state index in [1.165, 1.54) is 33.1 Å². The lowest BCUT2D eigenvalue weighted by atomic mass is 10.0. The van der Waals surface area contributed by atoms with Crippen LogP contribution in [0.15, 0.2) is 42.5 Å². The van der Waals surface area contributed by atoms with E-state index in [2.05, 4.69) is 73.2 Å². The van der Waals surface area contributed by atoms with Crippen molar-refractivity contribution < 1.29 is 4.57 Å². The average molecular weight is 265 g/mol. The largest absolute Gasteiger partial charge is 0.385 e. The highest BCUT2D eigenvalue weighted by atomic mass is 14.9. The number of fused-ring (bicyclic) bond motifs is 3. The van der Waals surface area contributed by atoms with Crippen molar-refractivity contribution >= 4 is 27.4 Å². The van der Waals surface area contributed by atoms with Gasteiger partial charge in [-0.05, 0) is 24.6 Å². The Balaban J connectivity index is 2.30. The van der Waals surface area contributed by atoms with Crippen LogP contribution in [0.25, 0.3) is 21.7 Å². The highest BCUT2D eigenvalue weighted by Gasteiger charge is 2.14. The maximum absolute atomic E-state index is 3.47. The molecule has 2 nitrogen and oxygen atoms in total. The molecule has 1 heterocycles. The van der Waals surface area contributed by atoms with Crippen LogP contribution in [0.1, 0.15) is 19.0 Å². The molecule has 102 valence electrons. The average Bonchev–Trinajstić information content (AvgIpc) is 2.50. The van der Waals surface area contributed by atoms with Gasteiger partial charge >= 0.3 is 0 Å². The molecule has 0 aliphatic rings. The van der Waals surface area contributed by atoms with Crippen LogP contribution in [0.4, 0.5) is 5.69 Å². The molecule has 1 N–H and O–H groups in total. The zero-order valence-electron chi connectivity index (χ0n) is 12.4. The van der Waals surface area contributed by atoms with Crippen molar-refractivity contribution in [3.8, 4) is 0 Å². The second-order valence-corrected chi connectivity index (χ2v) is 5.35. The molecule has 2 heteroatoms. The van der Waals surface area contributed by atoms with Gasteiger partial charge in [-0.15, -0.1) is 0 Å². The van der Waals surface area contributed by atoms with Crippen molar-refractivity contribution in [2.75, 3.05) is 11.9 Å². The van der Waals surface area contributed by atoms with Gasteiger partial charge in [0.1, 0.15) is 7.05 Å². The minimum Gasteiger partial charge on any atom is -0.385 e. The molecule has 3 rings (SSSR count). The molecule has 0 unspecified atom stereocenters. The Morgan fingerprint density at radius 3 is 2.60 bits per heavy atom. The molecule has 2 aromatic carbocycles. The van der Waals surface area contributed by atoms with Gasteiger partial charge in [-0.3, -0.25) is 0 Å². The van der Waals surface area contributed by atoms with E-state index >= 15 is 0 Å². The van der Waals surface area contributed by atoms with Crippen LogP contribution in [0, 0.1) is 6.92 Å². The van der Waals surface area contributed by atoms with Crippen molar-refractivity contribution in [2.24, 2.45) is 7.05 Å². The summed E-state index contributed by atoms with van der Waals surface area (Å²) >= 11 is 0. The Bertz CT molecular complexity index is 775. The monoisotopic (exact) mass is 265 g/mol. The maximum Gasteiger partial charge on any atom is 0.213 e. The van der Waals surface area contributed by atoms with Gasteiger partial charge in [0.05, 0.1) is 10.8 Å². The van der Waals surface area contributed by atoms with Gasteiger partial charge in [-0.1, -0.05) is 25.1 Å². The van der Waals surface area contributed by atoms with Gasteiger partial charge < -0.3 is 5.32 Å². The summed E-state index contributed by atoms with van der Waals surface area (Å²) in [4.78, 5) is 0. The van der Waals surface area contributed by atoms with Crippen LogP contribution in [0.3, 0.4) is 0 Å². The summed E-state index contributed by atoms with van der Waals surface area (Å²) in [5.41, 5.74) is 3.79. The lowest BCUT2D eigenvalue weighted by molar-refractivity contribution is -0.649. The number of pyridine rings is 1. The third-order valence-electron chi connectivity index (χ3n) is 4.05. The molecule has 0 aliphatic carbocycles. The van der Waals surface area contributed by atoms with E-state index in [4.69, 9.17) is 0 Å². The summed E-state index contributed by atoms with van der Waals surface area (Å²) in [6.07, 6.45) is 1.14. The predicted molar refractivity (Wildman–Crippen MR) is 86.1 cm³/mol. The van der Waals surface area contributed by atoms with Crippen LogP contribution < -0.4 is 9.88 Å². The molecule has 1 aromatic heterocycles. The quantitative estimate of drug-likeness (QED) is 0.560. The number of hydrogen-bond acceptors (Lipinski definition) is 1. The lowest BCUT2D eigenvalue weighted by Crippen LogP contribution is -2.33. The second kappa shape index (κ2) is 5.12. The number of hydrogen-bond donors (Lipinski definition) is 1. The van der Waals surface area contributed by atoms with Crippen molar-refractivity contribution in [2.45, 2.75) is 20.3 Å². The summed E-state index contributed by atoms with van der Waals surface area (Å²) in [5.74, 6) is 0. The Hall–Kier alpha value is -2.09. The topological polar surface area (TPSA) is 15.9 Å². The van der Waals surface area contributed by atoms with Crippen molar-refractivity contribution in [1.82, 2.24) is 0 Å². The Labute approximate surface area is 120 Å². The smallest absolute Gasteiger partial charge is 0.213 e. The van der Waals surface area contributed by atoms with Crippen LogP contribution in [0.5, 0.6) is 0 Å². The molecule has 0 fully saturated rings. The third-order valence-corrected chi connectivity index (χ3v) is 4.05. The van der Waals surface area contributed by atoms with Gasteiger partial charge in [-0.25, -0.2) is 0 Å². The van der Waals surface area contributed by atoms with Crippen LogP contribution >= 0.6 is 0 Å². The van der Waals surface area contributed by atoms with E-state index in [1.807, 2.05) is 0 Å². The summed E-state index contributed by atoms with van der Waals surface area (Å²) in [6.45, 7) is 5.40. The second-order valence-electron chi connectivity index (χ2n) is 5.35. The van der Waals surface area contributed by atoms with E-state index in [1.54, 1.807) is 0 Å². The zero-order chi connectivity index (χ0) is 14.1. The number of aromatic nitrogens is 1. The summed E-state index contributed by atoms with van der Waals surface area (Å²) in [6, 6.07) is 15.3. The number of aryl methyl sites for hydroxylation is 2. The maximum atomic E-state index is 3.47. The molecule has 3 aromatic rings. The molecule has 0 aliphatic heterocycles. The van der Waals surface area contributed by atoms with E-state index in [0.717, 1.165) is 13.0 Å². The van der Waals surface area contributed by atoms with E-state index in [-0.39, 0.29) is 0 Å². The fourth-order valence-electron chi connectivity index (χ4n) is 2.81. The molecular formula is C18H21N2+. The fourth-order valence-corrected chi connectivity index (χ4v) is 2.81. The minimum atomic E-state index is 1.02. The molecular weight excluding hydrogens is 244 g/mol. The number of benzene rings is 2. The van der Waals surface area contributed by atoms with Crippen molar-refractivity contribution in [3.63, 3.8) is 0 Å². The fraction of sp³-hybridized carbons (Fsp3) is 0.278. The number of nitrogens with zero attached hydrogens (tertiary/aromatic N) is 1. The van der Waals surface area contributed by atoms with Crippen LogP contribution in [-0.2, 0) is 7.05 Å². The van der Waals surface area contributed by atoms with E-state index in [0.29, 0.717) is 0 Å². The normalized spacial score (nSPS) is 11.2. The predicted octanol–water partition coefficient (Wildman–Crippen LogP) is 3.95. The number of anilines is 1. The Morgan fingerprint density at radius 2 is 1.80 bits per heavy atom. The van der Waals surface area contributed by atoms with Gasteiger partial charge in [0, 0.05) is 30.6 Å². The first-order chi connectivity index (χ1) is 9.72. The summed E-state index contributed by atoms with van der Waals surface area (Å²) < 4.78 is 2.28. The van der Waals surface area contributed by atoms with E-state index < -0.39 is 0 Å². The van der Waals surface area contributed by atoms with E-state index in [9.17, 15) is 0 Å². The minimum absolute atomic E-state index is 1.02. The molecule has 0 saturated carbocycles. The first-order valence-electron chi connectivity index (χ1n) is 7.27. The zero-order valence-corrected chi connectivity index (χ0v) is 12.4. The summed E-state index contributed by atoms with van der Waals surface area (Å²) in [5, 5.41) is 7.45. The Kier molecular flexibility index (Phi) is 3.31. The van der Waals surface area contributed by atoms with Gasteiger partial charge in [0.15, 0.2) is 5.69 Å². The number of rotatable bonds is 3. The highest BCUT2D eigenvalue weighted by Crippen LogP contribution is 2.27. The number of nitrogens with one attached hydrogen (secondary N) is 1. The SMILES string of the molecule is CCCNc1ccc2c(c1)c(C)[n+](C)c1ccccc21. The molecule has 20 heavy (non-hydrogen) atoms. The highest BCUT2D eigenvalue weighted by molar-refractivity contribution is 6.05. The van der Waals surface area contributed by atoms with Gasteiger partial charge in [-0.2, -0.15) is 4.57 Å². The molecule has 0 amide bonds. The molecule has 0 radical (unpaired) electrons. The molecule has 0 saturated heterocycles. The third kappa shape index (κ3) is 2.01. The molecule has 0 bridgehead atoms. The van der Waals surface area contributed by atoms with Gasteiger partial charge in [0.2, 0.25) is 5.52 Å². The van der Waals surface area contributed by atoms with Gasteiger partial charge in [0.25, 0.3) is 0 Å². The standard InChI is InChI=1S/C18H21N2/c1-4-11-19-14-9-10-15-16-7-5-6-8-18(16)20(3)13(2)17(15)12-14/h5-10,12,19H,4,11H2,1-3H3/q+1. The summed E-state index contributed by atoms with van der Waals surface area (Å²) in [7, 11) is 2.14. The first-order valence-corrected chi connectivity index (χ1v) is 7.27. The lowest BCUT2D eigenvalue weighted by Gasteiger charge is -2.09. The number of para-hydroxylation sites is 1. The first kappa shape index (κ1) is 12.9.